The number of nitrogens with one attached hydrogen (secondary N) is 1. The number of likely N-dealkylation sites (N-methyl/N-ethyl adjacent to an activating group) is 1. The lowest BCUT2D eigenvalue weighted by atomic mass is 10.0. The third kappa shape index (κ3) is 5.00. The molecule has 6 heteroatoms. The maximum Gasteiger partial charge on any atom is 0.278 e. The molecule has 0 bridgehead atoms. The van der Waals surface area contributed by atoms with Gasteiger partial charge in [0.2, 0.25) is 5.91 Å². The highest BCUT2D eigenvalue weighted by atomic mass is 16.2. The van der Waals surface area contributed by atoms with E-state index in [1.54, 1.807) is 24.3 Å². The fourth-order valence-corrected chi connectivity index (χ4v) is 4.86. The van der Waals surface area contributed by atoms with E-state index in [2.05, 4.69) is 5.32 Å². The minimum absolute atomic E-state index is 0.0521. The Morgan fingerprint density at radius 3 is 2.18 bits per heavy atom. The number of carbonyl (C=O) groups excluding carboxylic acids is 3. The van der Waals surface area contributed by atoms with E-state index in [1.165, 1.54) is 11.8 Å². The van der Waals surface area contributed by atoms with Gasteiger partial charge in [-0.15, -0.1) is 0 Å². The van der Waals surface area contributed by atoms with E-state index in [4.69, 9.17) is 0 Å². The molecule has 1 heterocycles. The van der Waals surface area contributed by atoms with Crippen molar-refractivity contribution in [1.82, 2.24) is 9.80 Å². The molecule has 2 aromatic carbocycles. The monoisotopic (exact) mass is 445 g/mol. The molecule has 1 aliphatic heterocycles. The Bertz CT molecular complexity index is 1050. The average molecular weight is 446 g/mol. The second-order valence-corrected chi connectivity index (χ2v) is 8.95. The number of anilines is 1. The first-order valence-electron chi connectivity index (χ1n) is 11.7. The summed E-state index contributed by atoms with van der Waals surface area (Å²) in [5.41, 5.74) is 3.30. The van der Waals surface area contributed by atoms with Crippen LogP contribution in [0.5, 0.6) is 0 Å². The zero-order valence-corrected chi connectivity index (χ0v) is 19.3. The van der Waals surface area contributed by atoms with Crippen molar-refractivity contribution in [2.45, 2.75) is 58.0 Å². The first kappa shape index (κ1) is 22.8. The van der Waals surface area contributed by atoms with Crippen LogP contribution in [0.1, 0.15) is 56.6 Å². The summed E-state index contributed by atoms with van der Waals surface area (Å²) in [5.74, 6) is -0.572. The van der Waals surface area contributed by atoms with Gasteiger partial charge in [0.05, 0.1) is 5.57 Å². The highest BCUT2D eigenvalue weighted by molar-refractivity contribution is 6.35. The molecule has 1 fully saturated rings. The summed E-state index contributed by atoms with van der Waals surface area (Å²) in [6.45, 7) is 1.98. The Balaban J connectivity index is 1.71. The summed E-state index contributed by atoms with van der Waals surface area (Å²) < 4.78 is 0. The summed E-state index contributed by atoms with van der Waals surface area (Å²) in [7, 11) is 1.87. The smallest absolute Gasteiger partial charge is 0.278 e. The summed E-state index contributed by atoms with van der Waals surface area (Å²) in [4.78, 5) is 42.2. The molecule has 172 valence electrons. The molecular formula is C27H31N3O3. The summed E-state index contributed by atoms with van der Waals surface area (Å²) >= 11 is 0. The summed E-state index contributed by atoms with van der Waals surface area (Å²) in [6, 6.07) is 17.0. The Kier molecular flexibility index (Phi) is 6.92. The molecule has 0 radical (unpaired) electrons. The Hall–Kier alpha value is -3.41. The molecule has 0 atom stereocenters. The van der Waals surface area contributed by atoms with Gasteiger partial charge in [-0.3, -0.25) is 19.3 Å². The van der Waals surface area contributed by atoms with Crippen molar-refractivity contribution < 1.29 is 14.4 Å². The predicted molar refractivity (Wildman–Crippen MR) is 129 cm³/mol. The largest absolute Gasteiger partial charge is 0.365 e. The lowest BCUT2D eigenvalue weighted by molar-refractivity contribution is -0.140. The van der Waals surface area contributed by atoms with E-state index in [1.807, 2.05) is 42.3 Å². The first-order valence-corrected chi connectivity index (χ1v) is 11.7. The maximum absolute atomic E-state index is 13.7. The van der Waals surface area contributed by atoms with Gasteiger partial charge in [0.15, 0.2) is 0 Å². The molecule has 0 aromatic heterocycles. The van der Waals surface area contributed by atoms with Gasteiger partial charge in [-0.05, 0) is 36.1 Å². The van der Waals surface area contributed by atoms with Crippen LogP contribution in [-0.4, -0.2) is 40.6 Å². The van der Waals surface area contributed by atoms with E-state index in [9.17, 15) is 14.4 Å². The fraction of sp³-hybridized carbons (Fsp3) is 0.370. The van der Waals surface area contributed by atoms with Crippen LogP contribution in [0.4, 0.5) is 5.69 Å². The number of hydrogen-bond acceptors (Lipinski definition) is 4. The molecule has 2 aromatic rings. The van der Waals surface area contributed by atoms with Crippen molar-refractivity contribution in [2.75, 3.05) is 12.4 Å². The quantitative estimate of drug-likeness (QED) is 0.522. The molecule has 3 amide bonds. The lowest BCUT2D eigenvalue weighted by Gasteiger charge is -2.27. The van der Waals surface area contributed by atoms with E-state index in [0.29, 0.717) is 29.1 Å². The number of rotatable bonds is 6. The number of nitrogens with zero attached hydrogens (tertiary/aromatic N) is 2. The summed E-state index contributed by atoms with van der Waals surface area (Å²) in [6.07, 6.45) is 6.11. The zero-order chi connectivity index (χ0) is 23.4. The highest BCUT2D eigenvalue weighted by Crippen LogP contribution is 2.36. The van der Waals surface area contributed by atoms with Crippen LogP contribution in [0, 0.1) is 0 Å². The number of benzene rings is 2. The van der Waals surface area contributed by atoms with Gasteiger partial charge >= 0.3 is 0 Å². The normalized spacial score (nSPS) is 17.3. The number of imide groups is 1. The average Bonchev–Trinajstić information content (AvgIpc) is 2.95. The van der Waals surface area contributed by atoms with Gasteiger partial charge in [0, 0.05) is 32.2 Å². The minimum atomic E-state index is -0.214. The summed E-state index contributed by atoms with van der Waals surface area (Å²) in [5, 5.41) is 2.75. The molecule has 1 saturated carbocycles. The van der Waals surface area contributed by atoms with Gasteiger partial charge < -0.3 is 10.2 Å². The lowest BCUT2D eigenvalue weighted by Crippen LogP contribution is -2.42. The fourth-order valence-electron chi connectivity index (χ4n) is 4.86. The van der Waals surface area contributed by atoms with Crippen LogP contribution < -0.4 is 5.32 Å². The Morgan fingerprint density at radius 1 is 0.939 bits per heavy atom. The van der Waals surface area contributed by atoms with Crippen molar-refractivity contribution in [3.8, 4) is 0 Å². The van der Waals surface area contributed by atoms with Crippen LogP contribution in [0.3, 0.4) is 0 Å². The van der Waals surface area contributed by atoms with Crippen LogP contribution in [0.2, 0.25) is 0 Å². The van der Waals surface area contributed by atoms with Gasteiger partial charge in [0.25, 0.3) is 11.8 Å². The molecule has 1 N–H and O–H groups in total. The second-order valence-electron chi connectivity index (χ2n) is 8.95. The third-order valence-electron chi connectivity index (χ3n) is 6.42. The van der Waals surface area contributed by atoms with E-state index >= 15 is 0 Å². The number of hydrogen-bond donors (Lipinski definition) is 1. The van der Waals surface area contributed by atoms with Crippen molar-refractivity contribution in [1.29, 1.82) is 0 Å². The van der Waals surface area contributed by atoms with Gasteiger partial charge in [-0.2, -0.15) is 0 Å². The topological polar surface area (TPSA) is 69.7 Å². The Morgan fingerprint density at radius 2 is 1.58 bits per heavy atom. The van der Waals surface area contributed by atoms with Crippen molar-refractivity contribution in [2.24, 2.45) is 0 Å². The standard InChI is InChI=1S/C27H31N3O3/c1-19(31)28-22-16-14-21(15-17-22)24-25(29(2)18-20-10-6-5-7-11-20)27(33)30(26(24)32)23-12-8-3-4-9-13-23/h5-7,10-11,14-17,23H,3-4,8-9,12-13,18H2,1-2H3,(H,28,31). The first-order chi connectivity index (χ1) is 16.0. The molecule has 0 spiro atoms. The van der Waals surface area contributed by atoms with Crippen LogP contribution in [0.15, 0.2) is 60.3 Å². The van der Waals surface area contributed by atoms with Crippen molar-refractivity contribution in [3.05, 3.63) is 71.4 Å². The Labute approximate surface area is 195 Å². The molecule has 6 nitrogen and oxygen atoms in total. The number of carbonyl (C=O) groups is 3. The molecule has 33 heavy (non-hydrogen) atoms. The van der Waals surface area contributed by atoms with Gasteiger partial charge in [-0.25, -0.2) is 0 Å². The SMILES string of the molecule is CC(=O)Nc1ccc(C2=C(N(C)Cc3ccccc3)C(=O)N(C3CCCCCC3)C2=O)cc1. The van der Waals surface area contributed by atoms with Crippen LogP contribution in [-0.2, 0) is 20.9 Å². The molecule has 0 unspecified atom stereocenters. The zero-order valence-electron chi connectivity index (χ0n) is 19.3. The maximum atomic E-state index is 13.7. The molecule has 4 rings (SSSR count). The second kappa shape index (κ2) is 10.0. The minimum Gasteiger partial charge on any atom is -0.365 e. The number of amides is 3. The van der Waals surface area contributed by atoms with E-state index in [0.717, 1.165) is 44.1 Å². The van der Waals surface area contributed by atoms with E-state index in [-0.39, 0.29) is 23.8 Å². The predicted octanol–water partition coefficient (Wildman–Crippen LogP) is 4.58. The highest BCUT2D eigenvalue weighted by Gasteiger charge is 2.44. The van der Waals surface area contributed by atoms with Crippen molar-refractivity contribution >= 4 is 29.0 Å². The molecule has 1 aliphatic carbocycles. The molecule has 0 saturated heterocycles. The van der Waals surface area contributed by atoms with Gasteiger partial charge in [0.1, 0.15) is 5.70 Å². The molecular weight excluding hydrogens is 414 g/mol. The van der Waals surface area contributed by atoms with E-state index < -0.39 is 0 Å². The molecule has 2 aliphatic rings. The van der Waals surface area contributed by atoms with Crippen LogP contribution >= 0.6 is 0 Å². The van der Waals surface area contributed by atoms with Crippen molar-refractivity contribution in [3.63, 3.8) is 0 Å². The van der Waals surface area contributed by atoms with Crippen LogP contribution in [0.25, 0.3) is 5.57 Å². The van der Waals surface area contributed by atoms with Gasteiger partial charge in [-0.1, -0.05) is 68.1 Å². The third-order valence-corrected chi connectivity index (χ3v) is 6.42.